The van der Waals surface area contributed by atoms with E-state index >= 15 is 0 Å². The molecule has 1 unspecified atom stereocenters. The third-order valence-corrected chi connectivity index (χ3v) is 4.07. The van der Waals surface area contributed by atoms with Crippen LogP contribution < -0.4 is 10.1 Å². The summed E-state index contributed by atoms with van der Waals surface area (Å²) in [6.45, 7) is 1.49. The number of unbranched alkanes of at least 4 members (excludes halogenated alkanes) is 1. The topological polar surface area (TPSA) is 41.5 Å². The lowest BCUT2D eigenvalue weighted by Crippen LogP contribution is -2.09. The van der Waals surface area contributed by atoms with Gasteiger partial charge in [-0.15, -0.1) is 0 Å². The molecule has 0 heterocycles. The Bertz CT molecular complexity index is 619. The highest BCUT2D eigenvalue weighted by Gasteiger charge is 2.15. The average molecular weight is 382 g/mol. The van der Waals surface area contributed by atoms with Crippen molar-refractivity contribution in [3.8, 4) is 5.75 Å². The fraction of sp³-hybridized carbons (Fsp3) is 0.333. The number of ether oxygens (including phenoxy) is 1. The maximum absolute atomic E-state index is 14.2. The first kappa shape index (κ1) is 17.9. The van der Waals surface area contributed by atoms with Gasteiger partial charge in [-0.05, 0) is 56.3 Å². The molecule has 2 aromatic rings. The number of nitrogens with one attached hydrogen (secondary N) is 1. The smallest absolute Gasteiger partial charge is 0.133 e. The Morgan fingerprint density at radius 3 is 2.57 bits per heavy atom. The number of benzene rings is 2. The molecule has 124 valence electrons. The molecular formula is C18H21BrFNO2. The van der Waals surface area contributed by atoms with E-state index in [1.165, 1.54) is 6.07 Å². The molecule has 0 saturated heterocycles. The van der Waals surface area contributed by atoms with E-state index in [1.807, 2.05) is 19.2 Å². The largest absolute Gasteiger partial charge is 0.493 e. The molecule has 0 aromatic heterocycles. The lowest BCUT2D eigenvalue weighted by atomic mass is 10.0. The number of aliphatic hydroxyl groups is 1. The molecule has 0 aliphatic heterocycles. The predicted molar refractivity (Wildman–Crippen MR) is 93.3 cm³/mol. The Balaban J connectivity index is 1.99. The summed E-state index contributed by atoms with van der Waals surface area (Å²) < 4.78 is 20.7. The summed E-state index contributed by atoms with van der Waals surface area (Å²) in [6, 6.07) is 11.8. The van der Waals surface area contributed by atoms with Gasteiger partial charge in [-0.2, -0.15) is 0 Å². The van der Waals surface area contributed by atoms with Gasteiger partial charge < -0.3 is 15.2 Å². The molecule has 23 heavy (non-hydrogen) atoms. The zero-order valence-electron chi connectivity index (χ0n) is 13.1. The second-order valence-corrected chi connectivity index (χ2v) is 6.21. The van der Waals surface area contributed by atoms with Crippen LogP contribution in [0, 0.1) is 5.82 Å². The molecule has 0 saturated carbocycles. The Hall–Kier alpha value is -1.43. The Kier molecular flexibility index (Phi) is 7.02. The van der Waals surface area contributed by atoms with Crippen LogP contribution in [-0.2, 0) is 0 Å². The van der Waals surface area contributed by atoms with Crippen molar-refractivity contribution < 1.29 is 14.2 Å². The zero-order chi connectivity index (χ0) is 16.7. The van der Waals surface area contributed by atoms with E-state index in [9.17, 15) is 9.50 Å². The van der Waals surface area contributed by atoms with Gasteiger partial charge in [-0.1, -0.05) is 28.1 Å². The highest BCUT2D eigenvalue weighted by Crippen LogP contribution is 2.27. The van der Waals surface area contributed by atoms with Crippen LogP contribution in [-0.4, -0.2) is 25.3 Å². The maximum Gasteiger partial charge on any atom is 0.133 e. The van der Waals surface area contributed by atoms with E-state index in [-0.39, 0.29) is 5.56 Å². The van der Waals surface area contributed by atoms with Crippen LogP contribution in [0.15, 0.2) is 46.9 Å². The maximum atomic E-state index is 14.2. The minimum Gasteiger partial charge on any atom is -0.493 e. The first-order valence-electron chi connectivity index (χ1n) is 7.62. The van der Waals surface area contributed by atoms with Crippen LogP contribution in [0.25, 0.3) is 0 Å². The highest BCUT2D eigenvalue weighted by atomic mass is 79.9. The summed E-state index contributed by atoms with van der Waals surface area (Å²) in [5, 5.41) is 13.4. The summed E-state index contributed by atoms with van der Waals surface area (Å²) >= 11 is 3.34. The fourth-order valence-corrected chi connectivity index (χ4v) is 2.50. The first-order chi connectivity index (χ1) is 11.1. The van der Waals surface area contributed by atoms with E-state index < -0.39 is 11.9 Å². The van der Waals surface area contributed by atoms with Gasteiger partial charge in [0.15, 0.2) is 0 Å². The van der Waals surface area contributed by atoms with Crippen LogP contribution in [0.3, 0.4) is 0 Å². The number of rotatable bonds is 8. The van der Waals surface area contributed by atoms with Gasteiger partial charge >= 0.3 is 0 Å². The van der Waals surface area contributed by atoms with Crippen molar-refractivity contribution in [2.24, 2.45) is 0 Å². The van der Waals surface area contributed by atoms with Crippen LogP contribution in [0.1, 0.15) is 30.1 Å². The predicted octanol–water partition coefficient (Wildman–Crippen LogP) is 4.05. The SMILES string of the molecule is CNCCCCOc1ccc(C(O)c2ccc(Br)cc2)c(F)c1. The van der Waals surface area contributed by atoms with E-state index in [0.29, 0.717) is 17.9 Å². The van der Waals surface area contributed by atoms with Gasteiger partial charge in [-0.25, -0.2) is 4.39 Å². The number of hydrogen-bond donors (Lipinski definition) is 2. The molecule has 5 heteroatoms. The fourth-order valence-electron chi connectivity index (χ4n) is 2.24. The summed E-state index contributed by atoms with van der Waals surface area (Å²) in [5.74, 6) is 0.0202. The summed E-state index contributed by atoms with van der Waals surface area (Å²) in [7, 11) is 1.91. The van der Waals surface area contributed by atoms with Gasteiger partial charge in [0.05, 0.1) is 6.61 Å². The van der Waals surface area contributed by atoms with Gasteiger partial charge in [0.2, 0.25) is 0 Å². The lowest BCUT2D eigenvalue weighted by Gasteiger charge is -2.14. The summed E-state index contributed by atoms with van der Waals surface area (Å²) in [4.78, 5) is 0. The zero-order valence-corrected chi connectivity index (χ0v) is 14.6. The molecule has 0 spiro atoms. The normalized spacial score (nSPS) is 12.2. The molecule has 0 aliphatic carbocycles. The van der Waals surface area contributed by atoms with Crippen molar-refractivity contribution in [3.63, 3.8) is 0 Å². The number of halogens is 2. The standard InChI is InChI=1S/C18H21BrFNO2/c1-21-10-2-3-11-23-15-8-9-16(17(20)12-15)18(22)13-4-6-14(19)7-5-13/h4-9,12,18,21-22H,2-3,10-11H2,1H3. The minimum atomic E-state index is -0.993. The van der Waals surface area contributed by atoms with Crippen LogP contribution in [0.5, 0.6) is 5.75 Å². The van der Waals surface area contributed by atoms with Crippen molar-refractivity contribution in [1.29, 1.82) is 0 Å². The molecular weight excluding hydrogens is 361 g/mol. The summed E-state index contributed by atoms with van der Waals surface area (Å²) in [5.41, 5.74) is 0.891. The summed E-state index contributed by atoms with van der Waals surface area (Å²) in [6.07, 6.45) is 0.929. The monoisotopic (exact) mass is 381 g/mol. The molecule has 1 atom stereocenters. The van der Waals surface area contributed by atoms with Crippen molar-refractivity contribution in [1.82, 2.24) is 5.32 Å². The molecule has 0 bridgehead atoms. The number of aliphatic hydroxyl groups excluding tert-OH is 1. The van der Waals surface area contributed by atoms with Crippen molar-refractivity contribution >= 4 is 15.9 Å². The van der Waals surface area contributed by atoms with Gasteiger partial charge in [0, 0.05) is 16.1 Å². The first-order valence-corrected chi connectivity index (χ1v) is 8.41. The van der Waals surface area contributed by atoms with E-state index in [0.717, 1.165) is 23.9 Å². The van der Waals surface area contributed by atoms with E-state index in [1.54, 1.807) is 24.3 Å². The quantitative estimate of drug-likeness (QED) is 0.677. The van der Waals surface area contributed by atoms with E-state index in [2.05, 4.69) is 21.2 Å². The third kappa shape index (κ3) is 5.30. The molecule has 2 N–H and O–H groups in total. The second-order valence-electron chi connectivity index (χ2n) is 5.30. The van der Waals surface area contributed by atoms with Crippen molar-refractivity contribution in [2.45, 2.75) is 18.9 Å². The van der Waals surface area contributed by atoms with Gasteiger partial charge in [0.25, 0.3) is 0 Å². The Labute approximate surface area is 144 Å². The van der Waals surface area contributed by atoms with E-state index in [4.69, 9.17) is 4.74 Å². The second kappa shape index (κ2) is 9.01. The molecule has 0 amide bonds. The molecule has 2 aromatic carbocycles. The number of hydrogen-bond acceptors (Lipinski definition) is 3. The lowest BCUT2D eigenvalue weighted by molar-refractivity contribution is 0.214. The highest BCUT2D eigenvalue weighted by molar-refractivity contribution is 9.10. The molecule has 0 aliphatic rings. The molecule has 0 fully saturated rings. The Morgan fingerprint density at radius 1 is 1.17 bits per heavy atom. The minimum absolute atomic E-state index is 0.245. The van der Waals surface area contributed by atoms with Crippen molar-refractivity contribution in [3.05, 3.63) is 63.9 Å². The van der Waals surface area contributed by atoms with Gasteiger partial charge in [0.1, 0.15) is 17.7 Å². The molecule has 3 nitrogen and oxygen atoms in total. The van der Waals surface area contributed by atoms with Crippen LogP contribution >= 0.6 is 15.9 Å². The van der Waals surface area contributed by atoms with Crippen molar-refractivity contribution in [2.75, 3.05) is 20.2 Å². The van der Waals surface area contributed by atoms with Crippen LogP contribution in [0.2, 0.25) is 0 Å². The molecule has 2 rings (SSSR count). The molecule has 0 radical (unpaired) electrons. The average Bonchev–Trinajstić information content (AvgIpc) is 2.55. The van der Waals surface area contributed by atoms with Gasteiger partial charge in [-0.3, -0.25) is 0 Å². The Morgan fingerprint density at radius 2 is 1.91 bits per heavy atom. The van der Waals surface area contributed by atoms with Crippen LogP contribution in [0.4, 0.5) is 4.39 Å². The third-order valence-electron chi connectivity index (χ3n) is 3.54.